The lowest BCUT2D eigenvalue weighted by atomic mass is 10.4. The molecule has 0 unspecified atom stereocenters. The van der Waals surface area contributed by atoms with Crippen LogP contribution in [0.25, 0.3) is 0 Å². The van der Waals surface area contributed by atoms with Crippen LogP contribution in [0.2, 0.25) is 0 Å². The van der Waals surface area contributed by atoms with Gasteiger partial charge in [-0.2, -0.15) is 0 Å². The highest BCUT2D eigenvalue weighted by atomic mass is 79.9. The third-order valence-electron chi connectivity index (χ3n) is 1.54. The average molecular weight is 301 g/mol. The van der Waals surface area contributed by atoms with Gasteiger partial charge in [-0.25, -0.2) is 13.4 Å². The lowest BCUT2D eigenvalue weighted by molar-refractivity contribution is 0.384. The number of methoxy groups -OCH3 is 1. The lowest BCUT2D eigenvalue weighted by Gasteiger charge is -2.06. The minimum Gasteiger partial charge on any atom is -0.480 e. The fourth-order valence-electron chi connectivity index (χ4n) is 0.863. The predicted molar refractivity (Wildman–Crippen MR) is 56.3 cm³/mol. The average Bonchev–Trinajstić information content (AvgIpc) is 2.07. The lowest BCUT2D eigenvalue weighted by Crippen LogP contribution is -2.00. The zero-order chi connectivity index (χ0) is 10.9. The van der Waals surface area contributed by atoms with Crippen molar-refractivity contribution in [1.29, 1.82) is 0 Å². The van der Waals surface area contributed by atoms with E-state index in [0.717, 1.165) is 0 Å². The first-order valence-corrected chi connectivity index (χ1v) is 6.62. The van der Waals surface area contributed by atoms with E-state index in [0.29, 0.717) is 10.2 Å². The van der Waals surface area contributed by atoms with Gasteiger partial charge in [0, 0.05) is 15.2 Å². The second-order valence-corrected chi connectivity index (χ2v) is 5.89. The highest BCUT2D eigenvalue weighted by molar-refractivity contribution is 9.10. The molecule has 1 aromatic rings. The quantitative estimate of drug-likeness (QED) is 0.785. The van der Waals surface area contributed by atoms with Gasteiger partial charge in [-0.3, -0.25) is 0 Å². The Hall–Kier alpha value is -0.330. The van der Waals surface area contributed by atoms with E-state index in [-0.39, 0.29) is 10.8 Å². The maximum absolute atomic E-state index is 11.1. The molecule has 0 fully saturated rings. The summed E-state index contributed by atoms with van der Waals surface area (Å²) in [6.07, 6.45) is 0. The summed E-state index contributed by atoms with van der Waals surface area (Å²) < 4.78 is 27.6. The van der Waals surface area contributed by atoms with Gasteiger partial charge < -0.3 is 4.74 Å². The van der Waals surface area contributed by atoms with Gasteiger partial charge in [0.1, 0.15) is 4.90 Å². The van der Waals surface area contributed by atoms with Crippen molar-refractivity contribution in [2.45, 2.75) is 11.8 Å². The Morgan fingerprint density at radius 3 is 2.57 bits per heavy atom. The van der Waals surface area contributed by atoms with Crippen LogP contribution >= 0.6 is 26.6 Å². The van der Waals surface area contributed by atoms with Crippen molar-refractivity contribution in [2.75, 3.05) is 7.11 Å². The minimum atomic E-state index is -3.83. The van der Waals surface area contributed by atoms with Crippen molar-refractivity contribution in [1.82, 2.24) is 4.98 Å². The summed E-state index contributed by atoms with van der Waals surface area (Å²) in [6, 6.07) is 1.36. The molecule has 7 heteroatoms. The fourth-order valence-corrected chi connectivity index (χ4v) is 2.26. The molecule has 14 heavy (non-hydrogen) atoms. The van der Waals surface area contributed by atoms with Crippen molar-refractivity contribution in [3.8, 4) is 5.88 Å². The van der Waals surface area contributed by atoms with Gasteiger partial charge in [-0.05, 0) is 28.9 Å². The molecule has 0 saturated heterocycles. The molecule has 1 heterocycles. The van der Waals surface area contributed by atoms with E-state index in [4.69, 9.17) is 15.4 Å². The molecule has 0 bridgehead atoms. The van der Waals surface area contributed by atoms with Crippen LogP contribution in [0.5, 0.6) is 5.88 Å². The van der Waals surface area contributed by atoms with E-state index in [1.807, 2.05) is 0 Å². The zero-order valence-electron chi connectivity index (χ0n) is 7.41. The Kier molecular flexibility index (Phi) is 3.39. The van der Waals surface area contributed by atoms with Crippen molar-refractivity contribution in [3.63, 3.8) is 0 Å². The highest BCUT2D eigenvalue weighted by Crippen LogP contribution is 2.29. The van der Waals surface area contributed by atoms with Crippen LogP contribution < -0.4 is 4.74 Å². The molecule has 0 amide bonds. The monoisotopic (exact) mass is 299 g/mol. The maximum Gasteiger partial charge on any atom is 0.266 e. The summed E-state index contributed by atoms with van der Waals surface area (Å²) in [4.78, 5) is 3.79. The molecule has 0 radical (unpaired) electrons. The molecule has 0 aliphatic heterocycles. The van der Waals surface area contributed by atoms with Crippen LogP contribution in [0.15, 0.2) is 15.4 Å². The predicted octanol–water partition coefficient (Wildman–Crippen LogP) is 2.09. The van der Waals surface area contributed by atoms with Crippen LogP contribution in [0.3, 0.4) is 0 Å². The second kappa shape index (κ2) is 4.04. The maximum atomic E-state index is 11.1. The van der Waals surface area contributed by atoms with Crippen LogP contribution in [-0.2, 0) is 9.05 Å². The van der Waals surface area contributed by atoms with Gasteiger partial charge in [0.2, 0.25) is 5.88 Å². The number of aromatic nitrogens is 1. The molecular weight excluding hydrogens is 294 g/mol. The van der Waals surface area contributed by atoms with E-state index in [9.17, 15) is 8.42 Å². The summed E-state index contributed by atoms with van der Waals surface area (Å²) in [5, 5.41) is 0. The van der Waals surface area contributed by atoms with E-state index < -0.39 is 9.05 Å². The van der Waals surface area contributed by atoms with Crippen LogP contribution in [0.4, 0.5) is 0 Å². The Labute approximate surface area is 94.8 Å². The zero-order valence-corrected chi connectivity index (χ0v) is 10.6. The molecule has 78 valence electrons. The summed E-state index contributed by atoms with van der Waals surface area (Å²) >= 11 is 3.16. The Bertz CT molecular complexity index is 460. The number of nitrogens with zero attached hydrogens (tertiary/aromatic N) is 1. The fraction of sp³-hybridized carbons (Fsp3) is 0.286. The molecular formula is C7H7BrClNO3S. The number of halogens is 2. The smallest absolute Gasteiger partial charge is 0.266 e. The summed E-state index contributed by atoms with van der Waals surface area (Å²) in [7, 11) is 2.70. The largest absolute Gasteiger partial charge is 0.480 e. The third-order valence-corrected chi connectivity index (χ3v) is 3.66. The van der Waals surface area contributed by atoms with E-state index in [1.165, 1.54) is 13.2 Å². The number of hydrogen-bond donors (Lipinski definition) is 0. The minimum absolute atomic E-state index is 0.000648. The van der Waals surface area contributed by atoms with Crippen molar-refractivity contribution < 1.29 is 13.2 Å². The van der Waals surface area contributed by atoms with Crippen LogP contribution in [0.1, 0.15) is 5.69 Å². The molecule has 0 saturated carbocycles. The van der Waals surface area contributed by atoms with Crippen LogP contribution in [-0.4, -0.2) is 20.5 Å². The number of rotatable bonds is 2. The van der Waals surface area contributed by atoms with E-state index in [2.05, 4.69) is 20.9 Å². The molecule has 0 atom stereocenters. The van der Waals surface area contributed by atoms with Gasteiger partial charge in [0.05, 0.1) is 12.8 Å². The number of ether oxygens (including phenoxy) is 1. The van der Waals surface area contributed by atoms with Gasteiger partial charge in [-0.15, -0.1) is 0 Å². The molecule has 1 aromatic heterocycles. The molecule has 4 nitrogen and oxygen atoms in total. The molecule has 0 spiro atoms. The molecule has 0 aliphatic carbocycles. The van der Waals surface area contributed by atoms with Gasteiger partial charge in [0.15, 0.2) is 0 Å². The molecule has 0 aromatic carbocycles. The summed E-state index contributed by atoms with van der Waals surface area (Å²) in [6.45, 7) is 1.72. The SMILES string of the molecule is COc1nc(C)c(Br)cc1S(=O)(=O)Cl. The molecule has 0 aliphatic rings. The summed E-state index contributed by atoms with van der Waals surface area (Å²) in [5.74, 6) is 0.000648. The molecule has 1 rings (SSSR count). The first-order chi connectivity index (χ1) is 6.36. The van der Waals surface area contributed by atoms with E-state index in [1.54, 1.807) is 6.92 Å². The van der Waals surface area contributed by atoms with E-state index >= 15 is 0 Å². The van der Waals surface area contributed by atoms with Gasteiger partial charge in [-0.1, -0.05) is 0 Å². The number of aryl methyl sites for hydroxylation is 1. The van der Waals surface area contributed by atoms with Crippen molar-refractivity contribution >= 4 is 35.7 Å². The van der Waals surface area contributed by atoms with Crippen molar-refractivity contribution in [2.24, 2.45) is 0 Å². The Morgan fingerprint density at radius 1 is 1.57 bits per heavy atom. The standard InChI is InChI=1S/C7H7BrClNO3S/c1-4-5(8)3-6(14(9,11)12)7(10-4)13-2/h3H,1-2H3. The van der Waals surface area contributed by atoms with Gasteiger partial charge >= 0.3 is 0 Å². The second-order valence-electron chi connectivity index (χ2n) is 2.50. The van der Waals surface area contributed by atoms with Gasteiger partial charge in [0.25, 0.3) is 9.05 Å². The normalized spacial score (nSPS) is 11.4. The Balaban J connectivity index is 3.51. The third kappa shape index (κ3) is 2.37. The molecule has 0 N–H and O–H groups in total. The topological polar surface area (TPSA) is 56.3 Å². The van der Waals surface area contributed by atoms with Crippen molar-refractivity contribution in [3.05, 3.63) is 16.2 Å². The van der Waals surface area contributed by atoms with Crippen LogP contribution in [0, 0.1) is 6.92 Å². The number of hydrogen-bond acceptors (Lipinski definition) is 4. The summed E-state index contributed by atoms with van der Waals surface area (Å²) in [5.41, 5.74) is 0.630. The highest BCUT2D eigenvalue weighted by Gasteiger charge is 2.19. The number of pyridine rings is 1. The first kappa shape index (κ1) is 11.7. The Morgan fingerprint density at radius 2 is 2.14 bits per heavy atom. The first-order valence-electron chi connectivity index (χ1n) is 3.52.